The zero-order valence-corrected chi connectivity index (χ0v) is 12.1. The Balaban J connectivity index is 2.00. The van der Waals surface area contributed by atoms with Gasteiger partial charge >= 0.3 is 0 Å². The molecule has 0 saturated carbocycles. The van der Waals surface area contributed by atoms with Crippen molar-refractivity contribution in [2.45, 2.75) is 19.9 Å². The fourth-order valence-corrected chi connectivity index (χ4v) is 2.44. The Kier molecular flexibility index (Phi) is 5.19. The van der Waals surface area contributed by atoms with E-state index in [1.807, 2.05) is 24.4 Å². The van der Waals surface area contributed by atoms with E-state index in [0.717, 1.165) is 11.3 Å². The molecule has 1 N–H and O–H groups in total. The van der Waals surface area contributed by atoms with Crippen molar-refractivity contribution in [2.75, 3.05) is 19.7 Å². The van der Waals surface area contributed by atoms with Crippen LogP contribution >= 0.6 is 11.3 Å². The quantitative estimate of drug-likeness (QED) is 0.810. The van der Waals surface area contributed by atoms with Crippen LogP contribution in [-0.2, 0) is 11.3 Å². The van der Waals surface area contributed by atoms with E-state index >= 15 is 0 Å². The zero-order valence-electron chi connectivity index (χ0n) is 11.3. The van der Waals surface area contributed by atoms with Crippen LogP contribution in [0.25, 0.3) is 10.7 Å². The van der Waals surface area contributed by atoms with Crippen molar-refractivity contribution in [1.82, 2.24) is 25.1 Å². The van der Waals surface area contributed by atoms with Crippen LogP contribution in [0.5, 0.6) is 0 Å². The Morgan fingerprint density at radius 1 is 1.50 bits per heavy atom. The molecule has 0 aliphatic heterocycles. The first kappa shape index (κ1) is 14.6. The van der Waals surface area contributed by atoms with E-state index in [1.54, 1.807) is 4.90 Å². The summed E-state index contributed by atoms with van der Waals surface area (Å²) >= 11 is 1.52. The van der Waals surface area contributed by atoms with Crippen LogP contribution in [0.2, 0.25) is 0 Å². The van der Waals surface area contributed by atoms with E-state index in [2.05, 4.69) is 15.4 Å². The van der Waals surface area contributed by atoms with Crippen molar-refractivity contribution in [3.8, 4) is 10.7 Å². The lowest BCUT2D eigenvalue weighted by Crippen LogP contribution is -2.37. The third-order valence-electron chi connectivity index (χ3n) is 2.69. The van der Waals surface area contributed by atoms with Gasteiger partial charge in [0, 0.05) is 13.1 Å². The summed E-state index contributed by atoms with van der Waals surface area (Å²) in [4.78, 5) is 15.9. The number of aromatic nitrogens is 4. The molecule has 1 amide bonds. The second-order valence-electron chi connectivity index (χ2n) is 4.23. The minimum atomic E-state index is -0.115. The monoisotopic (exact) mass is 295 g/mol. The van der Waals surface area contributed by atoms with E-state index in [1.165, 1.54) is 16.1 Å². The summed E-state index contributed by atoms with van der Waals surface area (Å²) in [5, 5.41) is 22.9. The minimum absolute atomic E-state index is 0.0401. The van der Waals surface area contributed by atoms with Gasteiger partial charge in [-0.1, -0.05) is 13.0 Å². The van der Waals surface area contributed by atoms with Crippen LogP contribution in [0, 0.1) is 0 Å². The molecule has 0 fully saturated rings. The lowest BCUT2D eigenvalue weighted by Gasteiger charge is -2.20. The lowest BCUT2D eigenvalue weighted by atomic mass is 10.4. The van der Waals surface area contributed by atoms with Gasteiger partial charge in [-0.3, -0.25) is 4.79 Å². The SMILES string of the molecule is CCCN(CCO)C(=O)Cn1nnc(-c2cccs2)n1. The van der Waals surface area contributed by atoms with Crippen molar-refractivity contribution in [1.29, 1.82) is 0 Å². The number of amides is 1. The normalized spacial score (nSPS) is 10.7. The topological polar surface area (TPSA) is 84.1 Å². The number of carbonyl (C=O) groups excluding carboxylic acids is 1. The Bertz CT molecular complexity index is 534. The van der Waals surface area contributed by atoms with Crippen LogP contribution < -0.4 is 0 Å². The van der Waals surface area contributed by atoms with Crippen LogP contribution in [0.3, 0.4) is 0 Å². The first-order valence-corrected chi connectivity index (χ1v) is 7.33. The van der Waals surface area contributed by atoms with Crippen molar-refractivity contribution >= 4 is 17.2 Å². The maximum Gasteiger partial charge on any atom is 0.246 e. The highest BCUT2D eigenvalue weighted by atomic mass is 32.1. The molecule has 0 radical (unpaired) electrons. The third-order valence-corrected chi connectivity index (χ3v) is 3.55. The average Bonchev–Trinajstić information content (AvgIpc) is 3.08. The Hall–Kier alpha value is -1.80. The molecule has 2 heterocycles. The van der Waals surface area contributed by atoms with E-state index in [4.69, 9.17) is 5.11 Å². The molecule has 2 aromatic rings. The molecule has 8 heteroatoms. The second-order valence-corrected chi connectivity index (χ2v) is 5.17. The van der Waals surface area contributed by atoms with E-state index in [9.17, 15) is 4.79 Å². The van der Waals surface area contributed by atoms with Crippen LogP contribution in [0.15, 0.2) is 17.5 Å². The molecule has 2 rings (SSSR count). The Labute approximate surface area is 120 Å². The molecule has 0 atom stereocenters. The number of aliphatic hydroxyl groups excluding tert-OH is 1. The fraction of sp³-hybridized carbons (Fsp3) is 0.500. The number of rotatable bonds is 7. The number of hydrogen-bond donors (Lipinski definition) is 1. The molecule has 0 saturated heterocycles. The van der Waals surface area contributed by atoms with Gasteiger partial charge in [0.1, 0.15) is 6.54 Å². The van der Waals surface area contributed by atoms with Crippen molar-refractivity contribution < 1.29 is 9.90 Å². The highest BCUT2D eigenvalue weighted by molar-refractivity contribution is 7.13. The summed E-state index contributed by atoms with van der Waals surface area (Å²) < 4.78 is 0. The average molecular weight is 295 g/mol. The first-order chi connectivity index (χ1) is 9.74. The molecule has 108 valence electrons. The van der Waals surface area contributed by atoms with Crippen molar-refractivity contribution in [3.05, 3.63) is 17.5 Å². The summed E-state index contributed by atoms with van der Waals surface area (Å²) in [5.41, 5.74) is 0. The molecule has 20 heavy (non-hydrogen) atoms. The fourth-order valence-electron chi connectivity index (χ4n) is 1.79. The minimum Gasteiger partial charge on any atom is -0.395 e. The van der Waals surface area contributed by atoms with Crippen LogP contribution in [0.1, 0.15) is 13.3 Å². The molecular weight excluding hydrogens is 278 g/mol. The number of tetrazole rings is 1. The molecule has 0 aromatic carbocycles. The van der Waals surface area contributed by atoms with Gasteiger partial charge in [0.2, 0.25) is 11.7 Å². The predicted molar refractivity (Wildman–Crippen MR) is 75.1 cm³/mol. The van der Waals surface area contributed by atoms with Gasteiger partial charge in [0.25, 0.3) is 0 Å². The van der Waals surface area contributed by atoms with E-state index < -0.39 is 0 Å². The lowest BCUT2D eigenvalue weighted by molar-refractivity contribution is -0.132. The van der Waals surface area contributed by atoms with Gasteiger partial charge in [0.15, 0.2) is 0 Å². The maximum absolute atomic E-state index is 12.1. The second kappa shape index (κ2) is 7.11. The molecular formula is C12H17N5O2S. The standard InChI is InChI=1S/C12H17N5O2S/c1-2-5-16(6-7-18)11(19)9-17-14-12(13-15-17)10-4-3-8-20-10/h3-4,8,18H,2,5-7,9H2,1H3. The van der Waals surface area contributed by atoms with Crippen molar-refractivity contribution in [3.63, 3.8) is 0 Å². The predicted octanol–water partition coefficient (Wildman–Crippen LogP) is 0.632. The van der Waals surface area contributed by atoms with E-state index in [-0.39, 0.29) is 19.1 Å². The molecule has 0 aliphatic carbocycles. The highest BCUT2D eigenvalue weighted by Gasteiger charge is 2.15. The van der Waals surface area contributed by atoms with Crippen molar-refractivity contribution in [2.24, 2.45) is 0 Å². The van der Waals surface area contributed by atoms with Gasteiger partial charge in [-0.05, 0) is 23.1 Å². The van der Waals surface area contributed by atoms with Crippen LogP contribution in [0.4, 0.5) is 0 Å². The molecule has 0 aliphatic rings. The van der Waals surface area contributed by atoms with Crippen LogP contribution in [-0.4, -0.2) is 55.8 Å². The molecule has 2 aromatic heterocycles. The Morgan fingerprint density at radius 3 is 3.00 bits per heavy atom. The van der Waals surface area contributed by atoms with Gasteiger partial charge in [-0.25, -0.2) is 0 Å². The highest BCUT2D eigenvalue weighted by Crippen LogP contribution is 2.19. The maximum atomic E-state index is 12.1. The molecule has 0 spiro atoms. The smallest absolute Gasteiger partial charge is 0.246 e. The first-order valence-electron chi connectivity index (χ1n) is 6.45. The number of aliphatic hydroxyl groups is 1. The largest absolute Gasteiger partial charge is 0.395 e. The van der Waals surface area contributed by atoms with E-state index in [0.29, 0.717) is 18.9 Å². The molecule has 0 unspecified atom stereocenters. The third kappa shape index (κ3) is 3.61. The number of hydrogen-bond acceptors (Lipinski definition) is 6. The summed E-state index contributed by atoms with van der Waals surface area (Å²) in [6.07, 6.45) is 0.844. The molecule has 0 bridgehead atoms. The van der Waals surface area contributed by atoms with Gasteiger partial charge in [-0.2, -0.15) is 4.80 Å². The number of carbonyl (C=O) groups is 1. The summed E-state index contributed by atoms with van der Waals surface area (Å²) in [6.45, 7) is 2.93. The number of thiophene rings is 1. The van der Waals surface area contributed by atoms with Gasteiger partial charge < -0.3 is 10.0 Å². The summed E-state index contributed by atoms with van der Waals surface area (Å²) in [7, 11) is 0. The molecule has 7 nitrogen and oxygen atoms in total. The summed E-state index contributed by atoms with van der Waals surface area (Å²) in [6, 6.07) is 3.82. The van der Waals surface area contributed by atoms with Gasteiger partial charge in [-0.15, -0.1) is 21.5 Å². The number of nitrogens with zero attached hydrogens (tertiary/aromatic N) is 5. The zero-order chi connectivity index (χ0) is 14.4. The Morgan fingerprint density at radius 2 is 2.35 bits per heavy atom. The summed E-state index contributed by atoms with van der Waals surface area (Å²) in [5.74, 6) is 0.410. The van der Waals surface area contributed by atoms with Gasteiger partial charge in [0.05, 0.1) is 11.5 Å².